The molecule has 0 aliphatic heterocycles. The Labute approximate surface area is 160 Å². The minimum atomic E-state index is 0.000217. The molecule has 0 unspecified atom stereocenters. The highest BCUT2D eigenvalue weighted by molar-refractivity contribution is 5.96. The fourth-order valence-electron chi connectivity index (χ4n) is 2.66. The minimum absolute atomic E-state index is 0.000217. The van der Waals surface area contributed by atoms with Gasteiger partial charge in [-0.3, -0.25) is 14.6 Å². The van der Waals surface area contributed by atoms with E-state index in [4.69, 9.17) is 9.47 Å². The summed E-state index contributed by atoms with van der Waals surface area (Å²) in [5, 5.41) is 0. The van der Waals surface area contributed by atoms with Crippen molar-refractivity contribution in [1.82, 2.24) is 9.88 Å². The second-order valence-corrected chi connectivity index (χ2v) is 6.13. The fraction of sp³-hybridized carbons (Fsp3) is 0.381. The largest absolute Gasteiger partial charge is 0.497 e. The van der Waals surface area contributed by atoms with Gasteiger partial charge >= 0.3 is 0 Å². The summed E-state index contributed by atoms with van der Waals surface area (Å²) in [4.78, 5) is 30.8. The van der Waals surface area contributed by atoms with Crippen molar-refractivity contribution in [1.29, 1.82) is 0 Å². The Morgan fingerprint density at radius 3 is 2.44 bits per heavy atom. The van der Waals surface area contributed by atoms with Gasteiger partial charge in [0.05, 0.1) is 26.0 Å². The molecular weight excluding hydrogens is 344 g/mol. The molecule has 0 atom stereocenters. The third-order valence-corrected chi connectivity index (χ3v) is 4.20. The molecule has 6 nitrogen and oxygen atoms in total. The molecule has 0 N–H and O–H groups in total. The Morgan fingerprint density at radius 1 is 1.04 bits per heavy atom. The van der Waals surface area contributed by atoms with Gasteiger partial charge in [0.25, 0.3) is 0 Å². The van der Waals surface area contributed by atoms with Gasteiger partial charge in [-0.05, 0) is 42.8 Å². The summed E-state index contributed by atoms with van der Waals surface area (Å²) in [6, 6.07) is 12.6. The normalized spacial score (nSPS) is 10.4. The summed E-state index contributed by atoms with van der Waals surface area (Å²) in [6.07, 6.45) is 2.87. The quantitative estimate of drug-likeness (QED) is 0.569. The van der Waals surface area contributed by atoms with Crippen LogP contribution in [-0.4, -0.2) is 48.9 Å². The fourth-order valence-corrected chi connectivity index (χ4v) is 2.66. The van der Waals surface area contributed by atoms with Crippen LogP contribution in [0.15, 0.2) is 48.7 Å². The summed E-state index contributed by atoms with van der Waals surface area (Å²) in [5.41, 5.74) is 1.46. The number of amides is 1. The Morgan fingerprint density at radius 2 is 1.81 bits per heavy atom. The Balaban J connectivity index is 1.85. The Kier molecular flexibility index (Phi) is 8.45. The molecule has 0 saturated heterocycles. The molecule has 27 heavy (non-hydrogen) atoms. The number of carbonyl (C=O) groups excluding carboxylic acids is 2. The molecule has 0 spiro atoms. The van der Waals surface area contributed by atoms with E-state index in [-0.39, 0.29) is 11.7 Å². The van der Waals surface area contributed by atoms with Crippen LogP contribution < -0.4 is 4.74 Å². The molecule has 0 fully saturated rings. The molecule has 1 heterocycles. The summed E-state index contributed by atoms with van der Waals surface area (Å²) in [6.45, 7) is 1.40. The molecule has 0 saturated carbocycles. The highest BCUT2D eigenvalue weighted by atomic mass is 16.5. The first-order valence-electron chi connectivity index (χ1n) is 8.98. The Hall–Kier alpha value is -2.73. The molecule has 1 aromatic carbocycles. The lowest BCUT2D eigenvalue weighted by molar-refractivity contribution is -0.132. The number of hydrogen-bond acceptors (Lipinski definition) is 5. The van der Waals surface area contributed by atoms with Crippen LogP contribution in [0.2, 0.25) is 0 Å². The number of benzene rings is 1. The number of hydrogen-bond donors (Lipinski definition) is 0. The lowest BCUT2D eigenvalue weighted by Crippen LogP contribution is -2.33. The maximum absolute atomic E-state index is 12.6. The minimum Gasteiger partial charge on any atom is -0.497 e. The third-order valence-electron chi connectivity index (χ3n) is 4.20. The topological polar surface area (TPSA) is 68.7 Å². The van der Waals surface area contributed by atoms with Crippen LogP contribution in [0, 0.1) is 0 Å². The van der Waals surface area contributed by atoms with Crippen LogP contribution in [-0.2, 0) is 16.1 Å². The number of methoxy groups -OCH3 is 2. The zero-order valence-electron chi connectivity index (χ0n) is 15.9. The molecule has 2 rings (SSSR count). The van der Waals surface area contributed by atoms with Crippen molar-refractivity contribution in [3.05, 3.63) is 59.9 Å². The van der Waals surface area contributed by atoms with Crippen molar-refractivity contribution in [3.63, 3.8) is 0 Å². The summed E-state index contributed by atoms with van der Waals surface area (Å²) in [7, 11) is 3.19. The summed E-state index contributed by atoms with van der Waals surface area (Å²) >= 11 is 0. The van der Waals surface area contributed by atoms with Crippen LogP contribution in [0.25, 0.3) is 0 Å². The SMILES string of the molecule is COCCN(Cc1ccccn1)C(=O)CCCC(=O)c1ccc(OC)cc1. The summed E-state index contributed by atoms with van der Waals surface area (Å²) < 4.78 is 10.2. The van der Waals surface area contributed by atoms with E-state index in [2.05, 4.69) is 4.98 Å². The smallest absolute Gasteiger partial charge is 0.223 e. The van der Waals surface area contributed by atoms with Crippen LogP contribution in [0.3, 0.4) is 0 Å². The van der Waals surface area contributed by atoms with Crippen LogP contribution in [0.4, 0.5) is 0 Å². The number of ketones is 1. The van der Waals surface area contributed by atoms with E-state index in [1.54, 1.807) is 49.6 Å². The molecule has 144 valence electrons. The second-order valence-electron chi connectivity index (χ2n) is 6.13. The highest BCUT2D eigenvalue weighted by Crippen LogP contribution is 2.14. The molecule has 0 bridgehead atoms. The zero-order valence-corrected chi connectivity index (χ0v) is 15.9. The van der Waals surface area contributed by atoms with Gasteiger partial charge in [-0.1, -0.05) is 6.07 Å². The van der Waals surface area contributed by atoms with Gasteiger partial charge in [0.1, 0.15) is 5.75 Å². The number of pyridine rings is 1. The van der Waals surface area contributed by atoms with E-state index in [0.717, 1.165) is 5.69 Å². The van der Waals surface area contributed by atoms with Crippen molar-refractivity contribution < 1.29 is 19.1 Å². The van der Waals surface area contributed by atoms with Gasteiger partial charge in [-0.15, -0.1) is 0 Å². The van der Waals surface area contributed by atoms with Crippen LogP contribution >= 0.6 is 0 Å². The van der Waals surface area contributed by atoms with Crippen LogP contribution in [0.1, 0.15) is 35.3 Å². The van der Waals surface area contributed by atoms with Gasteiger partial charge in [-0.25, -0.2) is 0 Å². The maximum Gasteiger partial charge on any atom is 0.223 e. The summed E-state index contributed by atoms with van der Waals surface area (Å²) in [5.74, 6) is 0.740. The number of rotatable bonds is 11. The van der Waals surface area contributed by atoms with E-state index in [1.807, 2.05) is 18.2 Å². The molecule has 1 amide bonds. The molecule has 0 aliphatic carbocycles. The van der Waals surface area contributed by atoms with Crippen molar-refractivity contribution in [2.45, 2.75) is 25.8 Å². The van der Waals surface area contributed by atoms with Crippen molar-refractivity contribution in [2.75, 3.05) is 27.4 Å². The van der Waals surface area contributed by atoms with Gasteiger partial charge < -0.3 is 14.4 Å². The first-order chi connectivity index (χ1) is 13.1. The van der Waals surface area contributed by atoms with Crippen molar-refractivity contribution in [2.24, 2.45) is 0 Å². The first kappa shape index (κ1) is 20.6. The van der Waals surface area contributed by atoms with E-state index in [1.165, 1.54) is 0 Å². The van der Waals surface area contributed by atoms with Gasteiger partial charge in [0.2, 0.25) is 5.91 Å². The standard InChI is InChI=1S/C21H26N2O4/c1-26-15-14-23(16-18-6-3-4-13-22-18)21(25)8-5-7-20(24)17-9-11-19(27-2)12-10-17/h3-4,6,9-13H,5,7-8,14-16H2,1-2H3. The van der Waals surface area contributed by atoms with Crippen molar-refractivity contribution >= 4 is 11.7 Å². The van der Waals surface area contributed by atoms with E-state index in [9.17, 15) is 9.59 Å². The molecule has 1 aromatic heterocycles. The maximum atomic E-state index is 12.6. The van der Waals surface area contributed by atoms with Crippen LogP contribution in [0.5, 0.6) is 5.75 Å². The van der Waals surface area contributed by atoms with E-state index < -0.39 is 0 Å². The highest BCUT2D eigenvalue weighted by Gasteiger charge is 2.15. The van der Waals surface area contributed by atoms with E-state index in [0.29, 0.717) is 50.3 Å². The van der Waals surface area contributed by atoms with Gasteiger partial charge in [-0.2, -0.15) is 0 Å². The predicted molar refractivity (Wildman–Crippen MR) is 103 cm³/mol. The number of Topliss-reactive ketones (excluding diaryl/α,β-unsaturated/α-hetero) is 1. The Bertz CT molecular complexity index is 717. The molecular formula is C21H26N2O4. The monoisotopic (exact) mass is 370 g/mol. The third kappa shape index (κ3) is 6.83. The molecule has 2 aromatic rings. The lowest BCUT2D eigenvalue weighted by atomic mass is 10.0. The number of nitrogens with zero attached hydrogens (tertiary/aromatic N) is 2. The van der Waals surface area contributed by atoms with Gasteiger partial charge in [0, 0.05) is 38.3 Å². The molecule has 6 heteroatoms. The molecule has 0 radical (unpaired) electrons. The number of ether oxygens (including phenoxy) is 2. The van der Waals surface area contributed by atoms with Crippen molar-refractivity contribution in [3.8, 4) is 5.75 Å². The number of carbonyl (C=O) groups is 2. The average molecular weight is 370 g/mol. The predicted octanol–water partition coefficient (Wildman–Crippen LogP) is 3.12. The zero-order chi connectivity index (χ0) is 19.5. The van der Waals surface area contributed by atoms with E-state index >= 15 is 0 Å². The lowest BCUT2D eigenvalue weighted by Gasteiger charge is -2.22. The second kappa shape index (κ2) is 11.1. The molecule has 0 aliphatic rings. The first-order valence-corrected chi connectivity index (χ1v) is 8.98. The van der Waals surface area contributed by atoms with Gasteiger partial charge in [0.15, 0.2) is 5.78 Å². The number of aromatic nitrogens is 1. The average Bonchev–Trinajstić information content (AvgIpc) is 2.71.